The molecule has 0 aliphatic rings. The SMILES string of the molecule is Cc1ccc(OCCC(C)C)cc1[N+](=O)[O-]. The largest absolute Gasteiger partial charge is 0.493 e. The Kier molecular flexibility index (Phi) is 4.28. The van der Waals surface area contributed by atoms with Crippen molar-refractivity contribution >= 4 is 5.69 Å². The lowest BCUT2D eigenvalue weighted by molar-refractivity contribution is -0.385. The second kappa shape index (κ2) is 5.49. The number of hydrogen-bond acceptors (Lipinski definition) is 3. The van der Waals surface area contributed by atoms with E-state index in [0.29, 0.717) is 23.8 Å². The summed E-state index contributed by atoms with van der Waals surface area (Å²) in [6.45, 7) is 6.54. The Labute approximate surface area is 95.4 Å². The molecule has 4 heteroatoms. The van der Waals surface area contributed by atoms with E-state index in [2.05, 4.69) is 13.8 Å². The number of nitrogens with zero attached hydrogens (tertiary/aromatic N) is 1. The van der Waals surface area contributed by atoms with Crippen LogP contribution in [0.3, 0.4) is 0 Å². The average Bonchev–Trinajstić information content (AvgIpc) is 2.19. The van der Waals surface area contributed by atoms with Crippen molar-refractivity contribution in [2.45, 2.75) is 27.2 Å². The van der Waals surface area contributed by atoms with E-state index in [1.165, 1.54) is 6.07 Å². The Morgan fingerprint density at radius 2 is 2.12 bits per heavy atom. The third-order valence-corrected chi connectivity index (χ3v) is 2.34. The molecule has 0 spiro atoms. The summed E-state index contributed by atoms with van der Waals surface area (Å²) in [6, 6.07) is 4.96. The fourth-order valence-electron chi connectivity index (χ4n) is 1.29. The van der Waals surface area contributed by atoms with Crippen LogP contribution in [-0.4, -0.2) is 11.5 Å². The summed E-state index contributed by atoms with van der Waals surface area (Å²) in [7, 11) is 0. The number of hydrogen-bond donors (Lipinski definition) is 0. The fraction of sp³-hybridized carbons (Fsp3) is 0.500. The van der Waals surface area contributed by atoms with E-state index in [4.69, 9.17) is 4.74 Å². The van der Waals surface area contributed by atoms with Gasteiger partial charge in [0.25, 0.3) is 5.69 Å². The van der Waals surface area contributed by atoms with Crippen molar-refractivity contribution in [2.24, 2.45) is 5.92 Å². The molecule has 1 aromatic rings. The first kappa shape index (κ1) is 12.5. The average molecular weight is 223 g/mol. The summed E-state index contributed by atoms with van der Waals surface area (Å²) in [5.74, 6) is 1.14. The van der Waals surface area contributed by atoms with Crippen LogP contribution >= 0.6 is 0 Å². The summed E-state index contributed by atoms with van der Waals surface area (Å²) in [5.41, 5.74) is 0.767. The standard InChI is InChI=1S/C12H17NO3/c1-9(2)6-7-16-11-5-4-10(3)12(8-11)13(14)15/h4-5,8-9H,6-7H2,1-3H3. The summed E-state index contributed by atoms with van der Waals surface area (Å²) in [5, 5.41) is 10.7. The number of ether oxygens (including phenoxy) is 1. The van der Waals surface area contributed by atoms with E-state index < -0.39 is 0 Å². The molecule has 0 saturated carbocycles. The molecule has 1 rings (SSSR count). The van der Waals surface area contributed by atoms with Gasteiger partial charge in [-0.25, -0.2) is 0 Å². The van der Waals surface area contributed by atoms with E-state index in [-0.39, 0.29) is 10.6 Å². The van der Waals surface area contributed by atoms with E-state index in [0.717, 1.165) is 6.42 Å². The molecule has 0 amide bonds. The van der Waals surface area contributed by atoms with Crippen LogP contribution in [-0.2, 0) is 0 Å². The van der Waals surface area contributed by atoms with Crippen LogP contribution in [0.4, 0.5) is 5.69 Å². The summed E-state index contributed by atoms with van der Waals surface area (Å²) < 4.78 is 5.46. The van der Waals surface area contributed by atoms with E-state index in [9.17, 15) is 10.1 Å². The van der Waals surface area contributed by atoms with Gasteiger partial charge in [-0.15, -0.1) is 0 Å². The van der Waals surface area contributed by atoms with Gasteiger partial charge in [-0.3, -0.25) is 10.1 Å². The fourth-order valence-corrected chi connectivity index (χ4v) is 1.29. The van der Waals surface area contributed by atoms with Crippen LogP contribution in [0.5, 0.6) is 5.75 Å². The molecule has 1 aromatic carbocycles. The van der Waals surface area contributed by atoms with Crippen LogP contribution in [0.2, 0.25) is 0 Å². The Morgan fingerprint density at radius 3 is 2.69 bits per heavy atom. The van der Waals surface area contributed by atoms with Gasteiger partial charge >= 0.3 is 0 Å². The lowest BCUT2D eigenvalue weighted by atomic mass is 10.1. The first-order valence-corrected chi connectivity index (χ1v) is 5.38. The Bertz CT molecular complexity index is 375. The van der Waals surface area contributed by atoms with Gasteiger partial charge in [0.15, 0.2) is 0 Å². The van der Waals surface area contributed by atoms with Crippen molar-refractivity contribution in [1.29, 1.82) is 0 Å². The lowest BCUT2D eigenvalue weighted by Crippen LogP contribution is -2.02. The first-order valence-electron chi connectivity index (χ1n) is 5.38. The third kappa shape index (κ3) is 3.53. The van der Waals surface area contributed by atoms with Crippen LogP contribution in [0.25, 0.3) is 0 Å². The Hall–Kier alpha value is -1.58. The lowest BCUT2D eigenvalue weighted by Gasteiger charge is -2.08. The molecular weight excluding hydrogens is 206 g/mol. The first-order chi connectivity index (χ1) is 7.50. The second-order valence-electron chi connectivity index (χ2n) is 4.24. The highest BCUT2D eigenvalue weighted by Gasteiger charge is 2.11. The van der Waals surface area contributed by atoms with Crippen molar-refractivity contribution in [3.8, 4) is 5.75 Å². The quantitative estimate of drug-likeness (QED) is 0.568. The molecule has 16 heavy (non-hydrogen) atoms. The molecule has 0 fully saturated rings. The van der Waals surface area contributed by atoms with Gasteiger partial charge in [-0.1, -0.05) is 13.8 Å². The van der Waals surface area contributed by atoms with Crippen molar-refractivity contribution in [3.05, 3.63) is 33.9 Å². The smallest absolute Gasteiger partial charge is 0.275 e. The predicted octanol–water partition coefficient (Wildman–Crippen LogP) is 3.33. The Morgan fingerprint density at radius 1 is 1.44 bits per heavy atom. The number of nitro groups is 1. The molecule has 0 unspecified atom stereocenters. The molecule has 0 aliphatic heterocycles. The zero-order chi connectivity index (χ0) is 12.1. The maximum Gasteiger partial charge on any atom is 0.275 e. The predicted molar refractivity (Wildman–Crippen MR) is 62.8 cm³/mol. The van der Waals surface area contributed by atoms with Gasteiger partial charge < -0.3 is 4.74 Å². The van der Waals surface area contributed by atoms with E-state index in [1.54, 1.807) is 19.1 Å². The minimum atomic E-state index is -0.384. The van der Waals surface area contributed by atoms with Gasteiger partial charge in [0.2, 0.25) is 0 Å². The topological polar surface area (TPSA) is 52.4 Å². The maximum atomic E-state index is 10.7. The molecule has 0 bridgehead atoms. The van der Waals surface area contributed by atoms with E-state index >= 15 is 0 Å². The molecular formula is C12H17NO3. The Balaban J connectivity index is 2.68. The highest BCUT2D eigenvalue weighted by Crippen LogP contribution is 2.24. The van der Waals surface area contributed by atoms with Crippen LogP contribution in [0.1, 0.15) is 25.8 Å². The van der Waals surface area contributed by atoms with Crippen LogP contribution < -0.4 is 4.74 Å². The molecule has 0 atom stereocenters. The molecule has 0 heterocycles. The third-order valence-electron chi connectivity index (χ3n) is 2.34. The van der Waals surface area contributed by atoms with Gasteiger partial charge in [0.1, 0.15) is 5.75 Å². The summed E-state index contributed by atoms with van der Waals surface area (Å²) >= 11 is 0. The minimum Gasteiger partial charge on any atom is -0.493 e. The highest BCUT2D eigenvalue weighted by molar-refractivity contribution is 5.45. The van der Waals surface area contributed by atoms with Crippen molar-refractivity contribution in [2.75, 3.05) is 6.61 Å². The number of benzene rings is 1. The molecule has 0 N–H and O–H groups in total. The van der Waals surface area contributed by atoms with Gasteiger partial charge in [-0.05, 0) is 31.4 Å². The maximum absolute atomic E-state index is 10.7. The normalized spacial score (nSPS) is 10.5. The van der Waals surface area contributed by atoms with Gasteiger partial charge in [0, 0.05) is 5.56 Å². The molecule has 0 saturated heterocycles. The molecule has 0 radical (unpaired) electrons. The monoisotopic (exact) mass is 223 g/mol. The number of rotatable bonds is 5. The molecule has 0 aromatic heterocycles. The minimum absolute atomic E-state index is 0.113. The number of nitro benzene ring substituents is 1. The van der Waals surface area contributed by atoms with Gasteiger partial charge in [-0.2, -0.15) is 0 Å². The number of aryl methyl sites for hydroxylation is 1. The molecule has 0 aliphatic carbocycles. The van der Waals surface area contributed by atoms with Gasteiger partial charge in [0.05, 0.1) is 17.6 Å². The van der Waals surface area contributed by atoms with Crippen LogP contribution in [0.15, 0.2) is 18.2 Å². The van der Waals surface area contributed by atoms with Crippen molar-refractivity contribution < 1.29 is 9.66 Å². The zero-order valence-corrected chi connectivity index (χ0v) is 9.90. The summed E-state index contributed by atoms with van der Waals surface area (Å²) in [4.78, 5) is 10.3. The molecule has 4 nitrogen and oxygen atoms in total. The van der Waals surface area contributed by atoms with Crippen molar-refractivity contribution in [3.63, 3.8) is 0 Å². The van der Waals surface area contributed by atoms with Crippen LogP contribution in [0, 0.1) is 23.0 Å². The summed E-state index contributed by atoms with van der Waals surface area (Å²) in [6.07, 6.45) is 0.946. The highest BCUT2D eigenvalue weighted by atomic mass is 16.6. The van der Waals surface area contributed by atoms with E-state index in [1.807, 2.05) is 0 Å². The molecule has 88 valence electrons. The van der Waals surface area contributed by atoms with Crippen molar-refractivity contribution in [1.82, 2.24) is 0 Å². The zero-order valence-electron chi connectivity index (χ0n) is 9.90. The second-order valence-corrected chi connectivity index (χ2v) is 4.24.